The van der Waals surface area contributed by atoms with Crippen molar-refractivity contribution in [2.24, 2.45) is 0 Å². The number of hydrogen-bond donors (Lipinski definition) is 1. The molecular weight excluding hydrogens is 180 g/mol. The van der Waals surface area contributed by atoms with Crippen LogP contribution < -0.4 is 5.32 Å². The lowest BCUT2D eigenvalue weighted by atomic mass is 10.1. The van der Waals surface area contributed by atoms with E-state index >= 15 is 0 Å². The van der Waals surface area contributed by atoms with E-state index in [1.807, 2.05) is 18.7 Å². The van der Waals surface area contributed by atoms with E-state index < -0.39 is 0 Å². The molecule has 2 amide bonds. The van der Waals surface area contributed by atoms with Crippen molar-refractivity contribution >= 4 is 6.03 Å². The Morgan fingerprint density at radius 2 is 2.00 bits per heavy atom. The van der Waals surface area contributed by atoms with E-state index in [0.29, 0.717) is 6.61 Å². The average molecular weight is 200 g/mol. The van der Waals surface area contributed by atoms with Crippen LogP contribution in [0, 0.1) is 0 Å². The fraction of sp³-hybridized carbons (Fsp3) is 0.900. The topological polar surface area (TPSA) is 41.6 Å². The second-order valence-corrected chi connectivity index (χ2v) is 4.44. The second-order valence-electron chi connectivity index (χ2n) is 4.44. The highest BCUT2D eigenvalue weighted by Crippen LogP contribution is 2.09. The van der Waals surface area contributed by atoms with Crippen LogP contribution in [0.4, 0.5) is 4.79 Å². The van der Waals surface area contributed by atoms with Crippen LogP contribution in [0.25, 0.3) is 0 Å². The molecule has 1 saturated heterocycles. The Morgan fingerprint density at radius 3 is 2.50 bits per heavy atom. The van der Waals surface area contributed by atoms with Crippen LogP contribution in [-0.4, -0.2) is 43.3 Å². The number of carbonyl (C=O) groups is 1. The highest BCUT2D eigenvalue weighted by atomic mass is 16.5. The molecule has 0 aromatic carbocycles. The van der Waals surface area contributed by atoms with Crippen LogP contribution >= 0.6 is 0 Å². The summed E-state index contributed by atoms with van der Waals surface area (Å²) in [6, 6.07) is 0.0320. The van der Waals surface area contributed by atoms with E-state index in [9.17, 15) is 4.79 Å². The van der Waals surface area contributed by atoms with Gasteiger partial charge in [0.15, 0.2) is 0 Å². The minimum atomic E-state index is -0.283. The lowest BCUT2D eigenvalue weighted by Gasteiger charge is -2.28. The molecule has 1 aliphatic heterocycles. The van der Waals surface area contributed by atoms with Crippen LogP contribution in [0.1, 0.15) is 26.7 Å². The minimum Gasteiger partial charge on any atom is -0.382 e. The standard InChI is InChI=1S/C10H20N2O2/c1-10(2,8-14-3)11-9(13)12-6-4-5-7-12/h4-8H2,1-3H3,(H,11,13). The lowest BCUT2D eigenvalue weighted by Crippen LogP contribution is -2.51. The zero-order chi connectivity index (χ0) is 10.6. The summed E-state index contributed by atoms with van der Waals surface area (Å²) in [4.78, 5) is 13.6. The third kappa shape index (κ3) is 3.18. The smallest absolute Gasteiger partial charge is 0.317 e. The Kier molecular flexibility index (Phi) is 3.75. The number of amides is 2. The fourth-order valence-electron chi connectivity index (χ4n) is 1.69. The maximum atomic E-state index is 11.7. The molecule has 0 unspecified atom stereocenters. The molecule has 1 heterocycles. The van der Waals surface area contributed by atoms with Gasteiger partial charge in [-0.3, -0.25) is 0 Å². The van der Waals surface area contributed by atoms with E-state index in [1.54, 1.807) is 7.11 Å². The summed E-state index contributed by atoms with van der Waals surface area (Å²) in [5.74, 6) is 0. The Morgan fingerprint density at radius 1 is 1.43 bits per heavy atom. The number of methoxy groups -OCH3 is 1. The van der Waals surface area contributed by atoms with Gasteiger partial charge in [-0.1, -0.05) is 0 Å². The molecule has 0 aliphatic carbocycles. The molecule has 1 N–H and O–H groups in total. The molecule has 82 valence electrons. The molecule has 0 spiro atoms. The first-order valence-corrected chi connectivity index (χ1v) is 5.11. The third-order valence-electron chi connectivity index (χ3n) is 2.34. The first-order valence-electron chi connectivity index (χ1n) is 5.11. The number of hydrogen-bond acceptors (Lipinski definition) is 2. The summed E-state index contributed by atoms with van der Waals surface area (Å²) >= 11 is 0. The first kappa shape index (κ1) is 11.3. The van der Waals surface area contributed by atoms with Crippen molar-refractivity contribution in [3.63, 3.8) is 0 Å². The number of carbonyl (C=O) groups excluding carboxylic acids is 1. The van der Waals surface area contributed by atoms with Crippen LogP contribution in [0.5, 0.6) is 0 Å². The summed E-state index contributed by atoms with van der Waals surface area (Å²) in [6.45, 7) is 6.23. The van der Waals surface area contributed by atoms with Crippen molar-refractivity contribution in [1.29, 1.82) is 0 Å². The highest BCUT2D eigenvalue weighted by molar-refractivity contribution is 5.75. The van der Waals surface area contributed by atoms with E-state index in [2.05, 4.69) is 5.32 Å². The Balaban J connectivity index is 2.38. The fourth-order valence-corrected chi connectivity index (χ4v) is 1.69. The molecule has 0 radical (unpaired) electrons. The SMILES string of the molecule is COCC(C)(C)NC(=O)N1CCCC1. The molecular formula is C10H20N2O2. The van der Waals surface area contributed by atoms with Gasteiger partial charge < -0.3 is 15.0 Å². The zero-order valence-corrected chi connectivity index (χ0v) is 9.30. The predicted molar refractivity (Wildman–Crippen MR) is 55.3 cm³/mol. The van der Waals surface area contributed by atoms with Crippen LogP contribution in [0.15, 0.2) is 0 Å². The molecule has 4 nitrogen and oxygen atoms in total. The molecule has 0 atom stereocenters. The van der Waals surface area contributed by atoms with Gasteiger partial charge in [0.2, 0.25) is 0 Å². The van der Waals surface area contributed by atoms with Crippen molar-refractivity contribution in [3.8, 4) is 0 Å². The number of ether oxygens (including phenoxy) is 1. The maximum absolute atomic E-state index is 11.7. The minimum absolute atomic E-state index is 0.0320. The lowest BCUT2D eigenvalue weighted by molar-refractivity contribution is 0.125. The van der Waals surface area contributed by atoms with E-state index in [0.717, 1.165) is 25.9 Å². The van der Waals surface area contributed by atoms with Crippen molar-refractivity contribution in [3.05, 3.63) is 0 Å². The largest absolute Gasteiger partial charge is 0.382 e. The molecule has 0 saturated carbocycles. The molecule has 0 aromatic heterocycles. The molecule has 0 bridgehead atoms. The number of nitrogens with zero attached hydrogens (tertiary/aromatic N) is 1. The highest BCUT2D eigenvalue weighted by Gasteiger charge is 2.25. The van der Waals surface area contributed by atoms with Crippen molar-refractivity contribution < 1.29 is 9.53 Å². The van der Waals surface area contributed by atoms with Gasteiger partial charge in [0.1, 0.15) is 0 Å². The maximum Gasteiger partial charge on any atom is 0.317 e. The van der Waals surface area contributed by atoms with Gasteiger partial charge in [0.05, 0.1) is 12.1 Å². The number of rotatable bonds is 3. The van der Waals surface area contributed by atoms with Gasteiger partial charge in [-0.2, -0.15) is 0 Å². The molecule has 14 heavy (non-hydrogen) atoms. The normalized spacial score (nSPS) is 17.2. The van der Waals surface area contributed by atoms with Crippen molar-refractivity contribution in [2.75, 3.05) is 26.8 Å². The zero-order valence-electron chi connectivity index (χ0n) is 9.30. The summed E-state index contributed by atoms with van der Waals surface area (Å²) in [5, 5.41) is 2.96. The van der Waals surface area contributed by atoms with Crippen LogP contribution in [0.3, 0.4) is 0 Å². The Labute approximate surface area is 85.6 Å². The second kappa shape index (κ2) is 4.64. The Bertz CT molecular complexity index is 198. The number of urea groups is 1. The van der Waals surface area contributed by atoms with Gasteiger partial charge in [-0.15, -0.1) is 0 Å². The van der Waals surface area contributed by atoms with Gasteiger partial charge in [-0.25, -0.2) is 4.79 Å². The van der Waals surface area contributed by atoms with Gasteiger partial charge in [0, 0.05) is 20.2 Å². The quantitative estimate of drug-likeness (QED) is 0.744. The monoisotopic (exact) mass is 200 g/mol. The predicted octanol–water partition coefficient (Wildman–Crippen LogP) is 1.22. The summed E-state index contributed by atoms with van der Waals surface area (Å²) < 4.78 is 5.04. The van der Waals surface area contributed by atoms with E-state index in [-0.39, 0.29) is 11.6 Å². The molecule has 1 fully saturated rings. The third-order valence-corrected chi connectivity index (χ3v) is 2.34. The molecule has 1 rings (SSSR count). The van der Waals surface area contributed by atoms with Crippen molar-refractivity contribution in [2.45, 2.75) is 32.2 Å². The molecule has 1 aliphatic rings. The van der Waals surface area contributed by atoms with Crippen LogP contribution in [0.2, 0.25) is 0 Å². The van der Waals surface area contributed by atoms with Crippen LogP contribution in [-0.2, 0) is 4.74 Å². The molecule has 4 heteroatoms. The number of likely N-dealkylation sites (tertiary alicyclic amines) is 1. The van der Waals surface area contributed by atoms with Gasteiger partial charge in [-0.05, 0) is 26.7 Å². The summed E-state index contributed by atoms with van der Waals surface area (Å²) in [7, 11) is 1.64. The first-order chi connectivity index (χ1) is 6.55. The average Bonchev–Trinajstić information content (AvgIpc) is 2.53. The summed E-state index contributed by atoms with van der Waals surface area (Å²) in [5.41, 5.74) is -0.283. The van der Waals surface area contributed by atoms with E-state index in [4.69, 9.17) is 4.74 Å². The van der Waals surface area contributed by atoms with E-state index in [1.165, 1.54) is 0 Å². The van der Waals surface area contributed by atoms with Crippen molar-refractivity contribution in [1.82, 2.24) is 10.2 Å². The van der Waals surface area contributed by atoms with Gasteiger partial charge in [0.25, 0.3) is 0 Å². The van der Waals surface area contributed by atoms with Gasteiger partial charge >= 0.3 is 6.03 Å². The summed E-state index contributed by atoms with van der Waals surface area (Å²) in [6.07, 6.45) is 2.25. The Hall–Kier alpha value is -0.770. The number of nitrogens with one attached hydrogen (secondary N) is 1. The molecule has 0 aromatic rings.